The Bertz CT molecular complexity index is 551. The fourth-order valence-electron chi connectivity index (χ4n) is 3.54. The number of likely N-dealkylation sites (N-methyl/N-ethyl adjacent to an activating group) is 2. The summed E-state index contributed by atoms with van der Waals surface area (Å²) >= 11 is 0. The predicted molar refractivity (Wildman–Crippen MR) is 104 cm³/mol. The molecule has 0 aliphatic heterocycles. The molecule has 0 aromatic heterocycles. The van der Waals surface area contributed by atoms with E-state index in [-0.39, 0.29) is 0 Å². The van der Waals surface area contributed by atoms with Crippen LogP contribution in [0.4, 0.5) is 0 Å². The Morgan fingerprint density at radius 1 is 0.833 bits per heavy atom. The number of hydrogen-bond donors (Lipinski definition) is 1. The van der Waals surface area contributed by atoms with Crippen LogP contribution >= 0.6 is 0 Å². The second-order valence-corrected chi connectivity index (χ2v) is 6.80. The van der Waals surface area contributed by atoms with Crippen LogP contribution in [0.25, 0.3) is 0 Å². The van der Waals surface area contributed by atoms with E-state index in [1.165, 1.54) is 43.2 Å². The molecule has 1 N–H and O–H groups in total. The predicted octanol–water partition coefficient (Wildman–Crippen LogP) is 4.68. The van der Waals surface area contributed by atoms with Crippen LogP contribution in [0.15, 0.2) is 60.7 Å². The van der Waals surface area contributed by atoms with E-state index in [0.29, 0.717) is 12.1 Å². The van der Waals surface area contributed by atoms with Crippen molar-refractivity contribution in [1.82, 2.24) is 10.2 Å². The SMILES string of the molecule is CNC(C(CCCCCc1ccccc1)c1ccccc1)N(C)C. The Balaban J connectivity index is 1.86. The van der Waals surface area contributed by atoms with Crippen LogP contribution < -0.4 is 5.32 Å². The zero-order valence-electron chi connectivity index (χ0n) is 15.4. The lowest BCUT2D eigenvalue weighted by Gasteiger charge is -2.32. The first-order chi connectivity index (χ1) is 11.7. The van der Waals surface area contributed by atoms with Gasteiger partial charge in [0.1, 0.15) is 0 Å². The number of unbranched alkanes of at least 4 members (excludes halogenated alkanes) is 2. The van der Waals surface area contributed by atoms with Crippen LogP contribution in [0, 0.1) is 0 Å². The van der Waals surface area contributed by atoms with E-state index in [0.717, 1.165) is 0 Å². The molecule has 2 atom stereocenters. The van der Waals surface area contributed by atoms with Gasteiger partial charge in [0.25, 0.3) is 0 Å². The highest BCUT2D eigenvalue weighted by molar-refractivity contribution is 5.21. The molecule has 0 fully saturated rings. The summed E-state index contributed by atoms with van der Waals surface area (Å²) in [4.78, 5) is 2.29. The second-order valence-electron chi connectivity index (χ2n) is 6.80. The average molecular weight is 325 g/mol. The van der Waals surface area contributed by atoms with Crippen molar-refractivity contribution < 1.29 is 0 Å². The zero-order valence-corrected chi connectivity index (χ0v) is 15.4. The maximum atomic E-state index is 3.49. The first kappa shape index (κ1) is 18.7. The summed E-state index contributed by atoms with van der Waals surface area (Å²) in [5.41, 5.74) is 2.90. The van der Waals surface area contributed by atoms with Gasteiger partial charge in [-0.3, -0.25) is 4.90 Å². The highest BCUT2D eigenvalue weighted by atomic mass is 15.2. The van der Waals surface area contributed by atoms with Gasteiger partial charge >= 0.3 is 0 Å². The van der Waals surface area contributed by atoms with Gasteiger partial charge in [0, 0.05) is 5.92 Å². The molecule has 0 heterocycles. The van der Waals surface area contributed by atoms with E-state index in [1.54, 1.807) is 0 Å². The molecule has 130 valence electrons. The molecular weight excluding hydrogens is 292 g/mol. The molecule has 2 nitrogen and oxygen atoms in total. The van der Waals surface area contributed by atoms with Crippen molar-refractivity contribution >= 4 is 0 Å². The molecule has 2 aromatic rings. The third-order valence-electron chi connectivity index (χ3n) is 4.78. The molecule has 0 aliphatic rings. The number of rotatable bonds is 10. The minimum Gasteiger partial charge on any atom is -0.304 e. The maximum Gasteiger partial charge on any atom is 0.0660 e. The van der Waals surface area contributed by atoms with Crippen LogP contribution in [0.1, 0.15) is 42.7 Å². The van der Waals surface area contributed by atoms with E-state index < -0.39 is 0 Å². The van der Waals surface area contributed by atoms with Crippen molar-refractivity contribution in [2.24, 2.45) is 0 Å². The fraction of sp³-hybridized carbons (Fsp3) is 0.455. The molecule has 0 saturated heterocycles. The summed E-state index contributed by atoms with van der Waals surface area (Å²) in [6.45, 7) is 0. The largest absolute Gasteiger partial charge is 0.304 e. The Morgan fingerprint density at radius 2 is 1.46 bits per heavy atom. The standard InChI is InChI=1S/C22H32N2/c1-23-22(24(2)3)21(20-16-10-6-11-17-20)18-12-5-9-15-19-13-7-4-8-14-19/h4,6-8,10-11,13-14,16-17,21-23H,5,9,12,15,18H2,1-3H3. The van der Waals surface area contributed by atoms with Gasteiger partial charge in [0.2, 0.25) is 0 Å². The van der Waals surface area contributed by atoms with Gasteiger partial charge in [0.05, 0.1) is 6.17 Å². The molecule has 24 heavy (non-hydrogen) atoms. The highest BCUT2D eigenvalue weighted by Crippen LogP contribution is 2.27. The molecule has 0 spiro atoms. The first-order valence-electron chi connectivity index (χ1n) is 9.15. The summed E-state index contributed by atoms with van der Waals surface area (Å²) in [6, 6.07) is 21.8. The first-order valence-corrected chi connectivity index (χ1v) is 9.15. The number of aryl methyl sites for hydroxylation is 1. The summed E-state index contributed by atoms with van der Waals surface area (Å²) in [5, 5.41) is 3.49. The molecule has 0 aliphatic carbocycles. The molecular formula is C22H32N2. The van der Waals surface area contributed by atoms with Gasteiger partial charge in [-0.25, -0.2) is 0 Å². The molecule has 0 radical (unpaired) electrons. The van der Waals surface area contributed by atoms with Crippen molar-refractivity contribution in [2.75, 3.05) is 21.1 Å². The Kier molecular flexibility index (Phi) is 8.00. The molecule has 0 bridgehead atoms. The minimum atomic E-state index is 0.376. The van der Waals surface area contributed by atoms with Crippen LogP contribution in [0.2, 0.25) is 0 Å². The van der Waals surface area contributed by atoms with Gasteiger partial charge in [-0.05, 0) is 51.5 Å². The van der Waals surface area contributed by atoms with Gasteiger partial charge in [-0.15, -0.1) is 0 Å². The quantitative estimate of drug-likeness (QED) is 0.504. The summed E-state index contributed by atoms with van der Waals surface area (Å²) < 4.78 is 0. The van der Waals surface area contributed by atoms with Crippen molar-refractivity contribution in [3.8, 4) is 0 Å². The second kappa shape index (κ2) is 10.3. The lowest BCUT2D eigenvalue weighted by molar-refractivity contribution is 0.211. The zero-order chi connectivity index (χ0) is 17.2. The Hall–Kier alpha value is -1.64. The van der Waals surface area contributed by atoms with Gasteiger partial charge < -0.3 is 5.32 Å². The van der Waals surface area contributed by atoms with Crippen LogP contribution in [-0.2, 0) is 6.42 Å². The van der Waals surface area contributed by atoms with Gasteiger partial charge in [-0.2, -0.15) is 0 Å². The van der Waals surface area contributed by atoms with Crippen LogP contribution in [-0.4, -0.2) is 32.2 Å². The summed E-state index contributed by atoms with van der Waals surface area (Å²) in [6.07, 6.45) is 6.64. The van der Waals surface area contributed by atoms with E-state index in [2.05, 4.69) is 92.0 Å². The van der Waals surface area contributed by atoms with Crippen molar-refractivity contribution in [1.29, 1.82) is 0 Å². The van der Waals surface area contributed by atoms with Gasteiger partial charge in [-0.1, -0.05) is 73.5 Å². The van der Waals surface area contributed by atoms with E-state index in [1.807, 2.05) is 0 Å². The highest BCUT2D eigenvalue weighted by Gasteiger charge is 2.23. The third kappa shape index (κ3) is 5.77. The van der Waals surface area contributed by atoms with Crippen LogP contribution in [0.5, 0.6) is 0 Å². The van der Waals surface area contributed by atoms with E-state index >= 15 is 0 Å². The van der Waals surface area contributed by atoms with Gasteiger partial charge in [0.15, 0.2) is 0 Å². The van der Waals surface area contributed by atoms with E-state index in [9.17, 15) is 0 Å². The topological polar surface area (TPSA) is 15.3 Å². The normalized spacial score (nSPS) is 13.8. The molecule has 0 saturated carbocycles. The van der Waals surface area contributed by atoms with Crippen molar-refractivity contribution in [3.05, 3.63) is 71.8 Å². The third-order valence-corrected chi connectivity index (χ3v) is 4.78. The lowest BCUT2D eigenvalue weighted by Crippen LogP contribution is -2.44. The van der Waals surface area contributed by atoms with Crippen LogP contribution in [0.3, 0.4) is 0 Å². The van der Waals surface area contributed by atoms with Crippen molar-refractivity contribution in [2.45, 2.75) is 44.2 Å². The molecule has 2 rings (SSSR count). The monoisotopic (exact) mass is 324 g/mol. The number of benzene rings is 2. The van der Waals surface area contributed by atoms with E-state index in [4.69, 9.17) is 0 Å². The maximum absolute atomic E-state index is 3.49. The van der Waals surface area contributed by atoms with Crippen molar-refractivity contribution in [3.63, 3.8) is 0 Å². The Morgan fingerprint density at radius 3 is 2.04 bits per heavy atom. The molecule has 0 amide bonds. The number of nitrogens with one attached hydrogen (secondary N) is 1. The minimum absolute atomic E-state index is 0.376. The average Bonchev–Trinajstić information content (AvgIpc) is 2.62. The Labute approximate surface area is 147 Å². The molecule has 2 aromatic carbocycles. The summed E-state index contributed by atoms with van der Waals surface area (Å²) in [5.74, 6) is 0.530. The number of nitrogens with zero attached hydrogens (tertiary/aromatic N) is 1. The lowest BCUT2D eigenvalue weighted by atomic mass is 9.89. The molecule has 2 heteroatoms. The smallest absolute Gasteiger partial charge is 0.0660 e. The number of hydrogen-bond acceptors (Lipinski definition) is 2. The fourth-order valence-corrected chi connectivity index (χ4v) is 3.54. The molecule has 2 unspecified atom stereocenters. The summed E-state index contributed by atoms with van der Waals surface area (Å²) in [7, 11) is 6.38.